The van der Waals surface area contributed by atoms with E-state index in [1.54, 1.807) is 23.1 Å². The first-order valence-corrected chi connectivity index (χ1v) is 7.16. The minimum absolute atomic E-state index is 0.876. The Morgan fingerprint density at radius 1 is 1.22 bits per heavy atom. The van der Waals surface area contributed by atoms with Gasteiger partial charge < -0.3 is 5.32 Å². The Bertz CT molecular complexity index is 646. The van der Waals surface area contributed by atoms with Crippen LogP contribution in [0, 0.1) is 0 Å². The van der Waals surface area contributed by atoms with Crippen molar-refractivity contribution in [2.24, 2.45) is 0 Å². The number of fused-ring (bicyclic) bond motifs is 1. The predicted molar refractivity (Wildman–Crippen MR) is 77.5 cm³/mol. The third kappa shape index (κ3) is 2.32. The summed E-state index contributed by atoms with van der Waals surface area (Å²) in [6.07, 6.45) is 1.81. The molecular formula is C13H11N3S2. The third-order valence-electron chi connectivity index (χ3n) is 2.47. The number of nitrogens with one attached hydrogen (secondary N) is 1. The van der Waals surface area contributed by atoms with Crippen LogP contribution in [0.4, 0.5) is 5.82 Å². The van der Waals surface area contributed by atoms with Crippen molar-refractivity contribution in [3.63, 3.8) is 0 Å². The number of hydrogen-bond donors (Lipinski definition) is 1. The second-order valence-electron chi connectivity index (χ2n) is 3.68. The first-order chi connectivity index (χ1) is 8.85. The number of para-hydroxylation sites is 1. The first kappa shape index (κ1) is 11.5. The lowest BCUT2D eigenvalue weighted by atomic mass is 10.3. The molecule has 90 valence electrons. The van der Waals surface area contributed by atoms with E-state index in [4.69, 9.17) is 0 Å². The number of aromatic nitrogens is 2. The molecule has 0 saturated heterocycles. The number of anilines is 1. The molecule has 0 spiro atoms. The summed E-state index contributed by atoms with van der Waals surface area (Å²) in [5.74, 6) is 0.876. The fourth-order valence-corrected chi connectivity index (χ4v) is 3.67. The van der Waals surface area contributed by atoms with E-state index < -0.39 is 0 Å². The van der Waals surface area contributed by atoms with Gasteiger partial charge in [0.2, 0.25) is 0 Å². The van der Waals surface area contributed by atoms with Gasteiger partial charge in [-0.1, -0.05) is 23.9 Å². The van der Waals surface area contributed by atoms with Gasteiger partial charge in [-0.2, -0.15) is 0 Å². The summed E-state index contributed by atoms with van der Waals surface area (Å²) >= 11 is 3.39. The highest BCUT2D eigenvalue weighted by Gasteiger charge is 2.05. The van der Waals surface area contributed by atoms with Crippen molar-refractivity contribution in [3.05, 3.63) is 42.6 Å². The maximum Gasteiger partial charge on any atom is 0.155 e. The van der Waals surface area contributed by atoms with Crippen LogP contribution in [-0.4, -0.2) is 17.0 Å². The van der Waals surface area contributed by atoms with E-state index >= 15 is 0 Å². The first-order valence-electron chi connectivity index (χ1n) is 5.52. The smallest absolute Gasteiger partial charge is 0.155 e. The molecule has 0 unspecified atom stereocenters. The van der Waals surface area contributed by atoms with Crippen LogP contribution >= 0.6 is 23.1 Å². The minimum Gasteiger partial charge on any atom is -0.373 e. The second kappa shape index (κ2) is 4.96. The van der Waals surface area contributed by atoms with E-state index in [1.807, 2.05) is 43.6 Å². The molecule has 0 bridgehead atoms. The van der Waals surface area contributed by atoms with Crippen molar-refractivity contribution in [2.75, 3.05) is 12.4 Å². The quantitative estimate of drug-likeness (QED) is 0.785. The van der Waals surface area contributed by atoms with Gasteiger partial charge in [0, 0.05) is 18.1 Å². The molecule has 3 rings (SSSR count). The Kier molecular flexibility index (Phi) is 3.17. The molecule has 0 atom stereocenters. The molecule has 0 aliphatic carbocycles. The SMILES string of the molecule is CNc1cc(Sc2nc3ccccc3s2)ccn1. The normalized spacial score (nSPS) is 10.7. The van der Waals surface area contributed by atoms with Gasteiger partial charge >= 0.3 is 0 Å². The molecule has 0 saturated carbocycles. The van der Waals surface area contributed by atoms with Gasteiger partial charge in [-0.3, -0.25) is 0 Å². The zero-order chi connectivity index (χ0) is 12.4. The lowest BCUT2D eigenvalue weighted by Gasteiger charge is -2.00. The van der Waals surface area contributed by atoms with Gasteiger partial charge in [-0.05, 0) is 24.3 Å². The van der Waals surface area contributed by atoms with Crippen molar-refractivity contribution in [1.29, 1.82) is 0 Å². The summed E-state index contributed by atoms with van der Waals surface area (Å²) in [4.78, 5) is 9.95. The number of hydrogen-bond acceptors (Lipinski definition) is 5. The number of thiazole rings is 1. The molecule has 3 aromatic rings. The van der Waals surface area contributed by atoms with Gasteiger partial charge in [0.15, 0.2) is 4.34 Å². The van der Waals surface area contributed by atoms with Gasteiger partial charge in [0.1, 0.15) is 5.82 Å². The second-order valence-corrected chi connectivity index (χ2v) is 6.03. The Hall–Kier alpha value is -1.59. The number of pyridine rings is 1. The van der Waals surface area contributed by atoms with Crippen LogP contribution in [0.15, 0.2) is 51.8 Å². The van der Waals surface area contributed by atoms with Gasteiger partial charge in [0.05, 0.1) is 10.2 Å². The van der Waals surface area contributed by atoms with Crippen molar-refractivity contribution in [1.82, 2.24) is 9.97 Å². The maximum absolute atomic E-state index is 4.60. The summed E-state index contributed by atoms with van der Waals surface area (Å²) in [5.41, 5.74) is 1.06. The molecule has 0 aliphatic rings. The molecular weight excluding hydrogens is 262 g/mol. The molecule has 0 fully saturated rings. The van der Waals surface area contributed by atoms with Crippen LogP contribution in [0.1, 0.15) is 0 Å². The van der Waals surface area contributed by atoms with Crippen molar-refractivity contribution < 1.29 is 0 Å². The van der Waals surface area contributed by atoms with Crippen LogP contribution in [-0.2, 0) is 0 Å². The molecule has 3 nitrogen and oxygen atoms in total. The third-order valence-corrected chi connectivity index (χ3v) is 4.55. The standard InChI is InChI=1S/C13H11N3S2/c1-14-12-8-9(6-7-15-12)17-13-16-10-4-2-3-5-11(10)18-13/h2-8H,1H3,(H,14,15). The topological polar surface area (TPSA) is 37.8 Å². The van der Waals surface area contributed by atoms with E-state index in [-0.39, 0.29) is 0 Å². The molecule has 18 heavy (non-hydrogen) atoms. The number of benzene rings is 1. The fraction of sp³-hybridized carbons (Fsp3) is 0.0769. The van der Waals surface area contributed by atoms with Crippen LogP contribution in [0.25, 0.3) is 10.2 Å². The van der Waals surface area contributed by atoms with Gasteiger partial charge in [0.25, 0.3) is 0 Å². The minimum atomic E-state index is 0.876. The van der Waals surface area contributed by atoms with Crippen molar-refractivity contribution >= 4 is 39.1 Å². The lowest BCUT2D eigenvalue weighted by Crippen LogP contribution is -1.90. The summed E-state index contributed by atoms with van der Waals surface area (Å²) in [6.45, 7) is 0. The Morgan fingerprint density at radius 3 is 2.94 bits per heavy atom. The lowest BCUT2D eigenvalue weighted by molar-refractivity contribution is 1.23. The number of rotatable bonds is 3. The molecule has 0 aliphatic heterocycles. The van der Waals surface area contributed by atoms with Crippen LogP contribution in [0.2, 0.25) is 0 Å². The van der Waals surface area contributed by atoms with E-state index in [1.165, 1.54) is 4.70 Å². The molecule has 0 radical (unpaired) electrons. The predicted octanol–water partition coefficient (Wildman–Crippen LogP) is 3.88. The summed E-state index contributed by atoms with van der Waals surface area (Å²) in [5, 5.41) is 3.04. The zero-order valence-electron chi connectivity index (χ0n) is 9.75. The van der Waals surface area contributed by atoms with Crippen LogP contribution in [0.5, 0.6) is 0 Å². The highest BCUT2D eigenvalue weighted by atomic mass is 32.2. The largest absolute Gasteiger partial charge is 0.373 e. The molecule has 1 aromatic carbocycles. The highest BCUT2D eigenvalue weighted by molar-refractivity contribution is 8.01. The Labute approximate surface area is 113 Å². The average Bonchev–Trinajstić information content (AvgIpc) is 2.81. The van der Waals surface area contributed by atoms with Gasteiger partial charge in [-0.25, -0.2) is 9.97 Å². The van der Waals surface area contributed by atoms with Crippen LogP contribution in [0.3, 0.4) is 0 Å². The fourth-order valence-electron chi connectivity index (χ4n) is 1.61. The Balaban J connectivity index is 1.91. The summed E-state index contributed by atoms with van der Waals surface area (Å²) in [6, 6.07) is 12.2. The summed E-state index contributed by atoms with van der Waals surface area (Å²) < 4.78 is 2.28. The van der Waals surface area contributed by atoms with Crippen molar-refractivity contribution in [3.8, 4) is 0 Å². The molecule has 2 heterocycles. The molecule has 2 aromatic heterocycles. The van der Waals surface area contributed by atoms with E-state index in [0.717, 1.165) is 20.6 Å². The Morgan fingerprint density at radius 2 is 2.11 bits per heavy atom. The van der Waals surface area contributed by atoms with E-state index in [2.05, 4.69) is 21.4 Å². The molecule has 1 N–H and O–H groups in total. The van der Waals surface area contributed by atoms with E-state index in [9.17, 15) is 0 Å². The van der Waals surface area contributed by atoms with Crippen LogP contribution < -0.4 is 5.32 Å². The highest BCUT2D eigenvalue weighted by Crippen LogP contribution is 2.34. The molecule has 5 heteroatoms. The summed E-state index contributed by atoms with van der Waals surface area (Å²) in [7, 11) is 1.87. The molecule has 0 amide bonds. The number of nitrogens with zero attached hydrogens (tertiary/aromatic N) is 2. The monoisotopic (exact) mass is 273 g/mol. The zero-order valence-corrected chi connectivity index (χ0v) is 11.4. The maximum atomic E-state index is 4.60. The average molecular weight is 273 g/mol. The van der Waals surface area contributed by atoms with Gasteiger partial charge in [-0.15, -0.1) is 11.3 Å². The van der Waals surface area contributed by atoms with Crippen molar-refractivity contribution in [2.45, 2.75) is 9.24 Å². The van der Waals surface area contributed by atoms with E-state index in [0.29, 0.717) is 0 Å².